The molecule has 0 saturated heterocycles. The summed E-state index contributed by atoms with van der Waals surface area (Å²) in [6.45, 7) is 2.75. The molecule has 22 heavy (non-hydrogen) atoms. The van der Waals surface area contributed by atoms with Crippen LogP contribution >= 0.6 is 11.3 Å². The summed E-state index contributed by atoms with van der Waals surface area (Å²) in [5.41, 5.74) is 0.806. The fourth-order valence-electron chi connectivity index (χ4n) is 2.01. The predicted molar refractivity (Wildman–Crippen MR) is 79.5 cm³/mol. The van der Waals surface area contributed by atoms with Crippen LogP contribution < -0.4 is 10.2 Å². The van der Waals surface area contributed by atoms with Crippen LogP contribution in [0.2, 0.25) is 0 Å². The molecule has 0 aliphatic heterocycles. The van der Waals surface area contributed by atoms with E-state index in [0.29, 0.717) is 6.54 Å². The molecular formula is C15H16F3N2OS+. The number of nitrogens with one attached hydrogen (secondary N) is 2. The van der Waals surface area contributed by atoms with Crippen LogP contribution in [-0.4, -0.2) is 19.5 Å². The Kier molecular flexibility index (Phi) is 5.20. The lowest BCUT2D eigenvalue weighted by molar-refractivity contribution is -0.884. The highest BCUT2D eigenvalue weighted by Crippen LogP contribution is 2.19. The SMILES string of the molecule is Cc1ccsc1C[NH+](C)CC(=O)Nc1ccc(F)c(F)c1F. The van der Waals surface area contributed by atoms with Crippen molar-refractivity contribution >= 4 is 22.9 Å². The Bertz CT molecular complexity index is 687. The van der Waals surface area contributed by atoms with Gasteiger partial charge in [0.1, 0.15) is 6.54 Å². The Morgan fingerprint density at radius 2 is 1.95 bits per heavy atom. The fourth-order valence-corrected chi connectivity index (χ4v) is 3.03. The van der Waals surface area contributed by atoms with Gasteiger partial charge in [-0.1, -0.05) is 0 Å². The van der Waals surface area contributed by atoms with Crippen molar-refractivity contribution in [2.45, 2.75) is 13.5 Å². The van der Waals surface area contributed by atoms with E-state index in [1.807, 2.05) is 25.4 Å². The Labute approximate surface area is 130 Å². The summed E-state index contributed by atoms with van der Waals surface area (Å²) in [4.78, 5) is 14.0. The molecule has 1 amide bonds. The molecule has 7 heteroatoms. The number of aryl methyl sites for hydroxylation is 1. The molecule has 0 radical (unpaired) electrons. The van der Waals surface area contributed by atoms with Gasteiger partial charge in [0.05, 0.1) is 17.6 Å². The third-order valence-electron chi connectivity index (χ3n) is 3.20. The summed E-state index contributed by atoms with van der Waals surface area (Å²) in [6.07, 6.45) is 0. The maximum Gasteiger partial charge on any atom is 0.279 e. The van der Waals surface area contributed by atoms with Crippen LogP contribution in [0.1, 0.15) is 10.4 Å². The molecule has 2 aromatic rings. The molecular weight excluding hydrogens is 313 g/mol. The third-order valence-corrected chi connectivity index (χ3v) is 4.23. The van der Waals surface area contributed by atoms with Crippen molar-refractivity contribution in [2.24, 2.45) is 0 Å². The minimum atomic E-state index is -1.59. The number of hydrogen-bond donors (Lipinski definition) is 2. The van der Waals surface area contributed by atoms with Crippen LogP contribution in [0.15, 0.2) is 23.6 Å². The molecule has 0 fully saturated rings. The Hall–Kier alpha value is -1.86. The van der Waals surface area contributed by atoms with Crippen molar-refractivity contribution in [1.82, 2.24) is 0 Å². The summed E-state index contributed by atoms with van der Waals surface area (Å²) in [7, 11) is 1.83. The van der Waals surface area contributed by atoms with Gasteiger partial charge in [-0.25, -0.2) is 13.2 Å². The Morgan fingerprint density at radius 3 is 2.59 bits per heavy atom. The second-order valence-electron chi connectivity index (χ2n) is 5.11. The van der Waals surface area contributed by atoms with Gasteiger partial charge < -0.3 is 10.2 Å². The molecule has 1 aromatic carbocycles. The van der Waals surface area contributed by atoms with E-state index < -0.39 is 23.4 Å². The molecule has 1 heterocycles. The van der Waals surface area contributed by atoms with Gasteiger partial charge in [-0.05, 0) is 36.1 Å². The van der Waals surface area contributed by atoms with Gasteiger partial charge in [-0.3, -0.25) is 4.79 Å². The maximum atomic E-state index is 13.5. The largest absolute Gasteiger partial charge is 0.325 e. The average molecular weight is 329 g/mol. The number of quaternary nitrogens is 1. The van der Waals surface area contributed by atoms with E-state index in [1.165, 1.54) is 4.88 Å². The topological polar surface area (TPSA) is 33.5 Å². The Morgan fingerprint density at radius 1 is 1.23 bits per heavy atom. The highest BCUT2D eigenvalue weighted by atomic mass is 32.1. The van der Waals surface area contributed by atoms with Crippen LogP contribution in [0.5, 0.6) is 0 Å². The molecule has 0 bridgehead atoms. The number of benzene rings is 1. The number of carbonyl (C=O) groups is 1. The quantitative estimate of drug-likeness (QED) is 0.810. The van der Waals surface area contributed by atoms with Crippen LogP contribution in [0, 0.1) is 24.4 Å². The van der Waals surface area contributed by atoms with Crippen molar-refractivity contribution in [1.29, 1.82) is 0 Å². The zero-order chi connectivity index (χ0) is 16.3. The van der Waals surface area contributed by atoms with Crippen molar-refractivity contribution in [3.05, 3.63) is 51.5 Å². The lowest BCUT2D eigenvalue weighted by atomic mass is 10.2. The van der Waals surface area contributed by atoms with E-state index in [-0.39, 0.29) is 12.2 Å². The molecule has 0 aliphatic carbocycles. The van der Waals surface area contributed by atoms with Gasteiger partial charge >= 0.3 is 0 Å². The second-order valence-corrected chi connectivity index (χ2v) is 6.11. The fraction of sp³-hybridized carbons (Fsp3) is 0.267. The van der Waals surface area contributed by atoms with Crippen LogP contribution in [0.25, 0.3) is 0 Å². The minimum Gasteiger partial charge on any atom is -0.325 e. The van der Waals surface area contributed by atoms with Crippen molar-refractivity contribution in [3.63, 3.8) is 0 Å². The molecule has 0 spiro atoms. The van der Waals surface area contributed by atoms with E-state index in [9.17, 15) is 18.0 Å². The number of carbonyl (C=O) groups excluding carboxylic acids is 1. The zero-order valence-electron chi connectivity index (χ0n) is 12.2. The number of anilines is 1. The molecule has 1 atom stereocenters. The molecule has 2 rings (SSSR count). The summed E-state index contributed by atoms with van der Waals surface area (Å²) in [6, 6.07) is 3.79. The van der Waals surface area contributed by atoms with Gasteiger partial charge in [-0.15, -0.1) is 11.3 Å². The standard InChI is InChI=1S/C15H15F3N2OS/c1-9-5-6-22-12(9)7-20(2)8-13(21)19-11-4-3-10(16)14(17)15(11)18/h3-6H,7-8H2,1-2H3,(H,19,21)/p+1. The molecule has 1 aromatic heterocycles. The van der Waals surface area contributed by atoms with E-state index in [1.54, 1.807) is 11.3 Å². The summed E-state index contributed by atoms with van der Waals surface area (Å²) < 4.78 is 39.4. The Balaban J connectivity index is 1.96. The number of thiophene rings is 1. The van der Waals surface area contributed by atoms with Crippen molar-refractivity contribution < 1.29 is 22.9 Å². The molecule has 2 N–H and O–H groups in total. The van der Waals surface area contributed by atoms with Crippen LogP contribution in [-0.2, 0) is 11.3 Å². The normalized spacial score (nSPS) is 12.2. The third kappa shape index (κ3) is 3.86. The number of hydrogen-bond acceptors (Lipinski definition) is 2. The van der Waals surface area contributed by atoms with Gasteiger partial charge in [0, 0.05) is 0 Å². The van der Waals surface area contributed by atoms with Gasteiger partial charge in [0.2, 0.25) is 0 Å². The van der Waals surface area contributed by atoms with Crippen molar-refractivity contribution in [3.8, 4) is 0 Å². The van der Waals surface area contributed by atoms with Gasteiger partial charge in [0.25, 0.3) is 5.91 Å². The second kappa shape index (κ2) is 6.93. The van der Waals surface area contributed by atoms with E-state index in [2.05, 4.69) is 5.32 Å². The molecule has 0 saturated carbocycles. The maximum absolute atomic E-state index is 13.5. The number of rotatable bonds is 5. The number of amides is 1. The monoisotopic (exact) mass is 329 g/mol. The summed E-state index contributed by atoms with van der Waals surface area (Å²) in [5, 5.41) is 4.25. The van der Waals surface area contributed by atoms with Gasteiger partial charge in [0.15, 0.2) is 24.0 Å². The summed E-state index contributed by atoms with van der Waals surface area (Å²) >= 11 is 1.61. The van der Waals surface area contributed by atoms with Crippen LogP contribution in [0.4, 0.5) is 18.9 Å². The lowest BCUT2D eigenvalue weighted by Crippen LogP contribution is -3.08. The van der Waals surface area contributed by atoms with E-state index >= 15 is 0 Å². The van der Waals surface area contributed by atoms with E-state index in [4.69, 9.17) is 0 Å². The predicted octanol–water partition coefficient (Wildman–Crippen LogP) is 2.13. The van der Waals surface area contributed by atoms with Crippen LogP contribution in [0.3, 0.4) is 0 Å². The van der Waals surface area contributed by atoms with Gasteiger partial charge in [-0.2, -0.15) is 0 Å². The highest BCUT2D eigenvalue weighted by Gasteiger charge is 2.17. The first-order valence-corrected chi connectivity index (χ1v) is 7.54. The first-order valence-electron chi connectivity index (χ1n) is 6.66. The highest BCUT2D eigenvalue weighted by molar-refractivity contribution is 7.10. The molecule has 1 unspecified atom stereocenters. The number of halogens is 3. The smallest absolute Gasteiger partial charge is 0.279 e. The first kappa shape index (κ1) is 16.5. The lowest BCUT2D eigenvalue weighted by Gasteiger charge is -2.14. The average Bonchev–Trinajstić information content (AvgIpc) is 2.85. The molecule has 0 aliphatic rings. The van der Waals surface area contributed by atoms with Crippen molar-refractivity contribution in [2.75, 3.05) is 18.9 Å². The number of likely N-dealkylation sites (N-methyl/N-ethyl adjacent to an activating group) is 1. The van der Waals surface area contributed by atoms with E-state index in [0.717, 1.165) is 22.6 Å². The summed E-state index contributed by atoms with van der Waals surface area (Å²) in [5.74, 6) is -4.73. The molecule has 118 valence electrons. The minimum absolute atomic E-state index is 0.0930. The zero-order valence-corrected chi connectivity index (χ0v) is 13.0. The molecule has 3 nitrogen and oxygen atoms in total. The first-order chi connectivity index (χ1) is 10.4.